The number of ether oxygens (including phenoxy) is 1. The largest absolute Gasteiger partial charge is 0.361 e. The van der Waals surface area contributed by atoms with E-state index in [2.05, 4.69) is 4.98 Å². The number of hydrogen-bond donors (Lipinski definition) is 0. The molecule has 3 heterocycles. The highest BCUT2D eigenvalue weighted by Crippen LogP contribution is 2.32. The number of nitrogens with zero attached hydrogens (tertiary/aromatic N) is 3. The van der Waals surface area contributed by atoms with Gasteiger partial charge in [-0.15, -0.1) is 0 Å². The number of morpholine rings is 1. The van der Waals surface area contributed by atoms with Crippen molar-refractivity contribution in [3.63, 3.8) is 0 Å². The molecule has 0 saturated carbocycles. The predicted molar refractivity (Wildman–Crippen MR) is 102 cm³/mol. The second-order valence-electron chi connectivity index (χ2n) is 7.28. The van der Waals surface area contributed by atoms with Gasteiger partial charge in [0.05, 0.1) is 13.1 Å². The number of piperidine rings is 1. The van der Waals surface area contributed by atoms with Crippen LogP contribution >= 0.6 is 0 Å². The third kappa shape index (κ3) is 3.57. The lowest BCUT2D eigenvalue weighted by molar-refractivity contribution is -0.144. The first kappa shape index (κ1) is 17.7. The molecule has 0 radical (unpaired) electrons. The van der Waals surface area contributed by atoms with Crippen molar-refractivity contribution in [3.8, 4) is 0 Å². The molecular weight excluding hydrogens is 342 g/mol. The van der Waals surface area contributed by atoms with E-state index in [1.807, 2.05) is 54.3 Å². The van der Waals surface area contributed by atoms with Crippen LogP contribution in [0.3, 0.4) is 0 Å². The lowest BCUT2D eigenvalue weighted by Gasteiger charge is -2.47. The number of aromatic nitrogens is 1. The molecule has 2 aliphatic rings. The maximum absolute atomic E-state index is 12.9. The number of hydrogen-bond acceptors (Lipinski definition) is 4. The summed E-state index contributed by atoms with van der Waals surface area (Å²) in [6.45, 7) is 3.53. The molecule has 2 amide bonds. The Labute approximate surface area is 158 Å². The number of amides is 2. The highest BCUT2D eigenvalue weighted by molar-refractivity contribution is 5.95. The van der Waals surface area contributed by atoms with Crippen LogP contribution in [0.15, 0.2) is 48.5 Å². The van der Waals surface area contributed by atoms with Crippen LogP contribution in [0, 0.1) is 6.92 Å². The number of rotatable bonds is 2. The summed E-state index contributed by atoms with van der Waals surface area (Å²) in [6.07, 6.45) is 1.67. The minimum atomic E-state index is -0.526. The second-order valence-corrected chi connectivity index (χ2v) is 7.28. The quantitative estimate of drug-likeness (QED) is 0.820. The SMILES string of the molecule is Cc1cccc(C(=O)N2CCCC3(C2)CN(c2ccccc2)C(=O)CO3)n1. The smallest absolute Gasteiger partial charge is 0.272 e. The number of aryl methyl sites for hydroxylation is 1. The highest BCUT2D eigenvalue weighted by Gasteiger charge is 2.44. The van der Waals surface area contributed by atoms with Crippen LogP contribution in [0.5, 0.6) is 0 Å². The molecule has 6 nitrogen and oxygen atoms in total. The molecule has 1 atom stereocenters. The van der Waals surface area contributed by atoms with Crippen molar-refractivity contribution in [2.24, 2.45) is 0 Å². The van der Waals surface area contributed by atoms with Gasteiger partial charge in [0.1, 0.15) is 17.9 Å². The molecule has 1 unspecified atom stereocenters. The minimum absolute atomic E-state index is 0.0413. The van der Waals surface area contributed by atoms with Crippen molar-refractivity contribution in [2.45, 2.75) is 25.4 Å². The van der Waals surface area contributed by atoms with Crippen LogP contribution in [-0.2, 0) is 9.53 Å². The predicted octanol–water partition coefficient (Wildman–Crippen LogP) is 2.43. The lowest BCUT2D eigenvalue weighted by atomic mass is 9.90. The Bertz CT molecular complexity index is 855. The summed E-state index contributed by atoms with van der Waals surface area (Å²) in [4.78, 5) is 33.3. The Morgan fingerprint density at radius 1 is 1.11 bits per heavy atom. The van der Waals surface area contributed by atoms with Gasteiger partial charge in [0.25, 0.3) is 11.8 Å². The molecule has 1 aromatic heterocycles. The molecular formula is C21H23N3O3. The van der Waals surface area contributed by atoms with E-state index in [-0.39, 0.29) is 18.4 Å². The van der Waals surface area contributed by atoms with Gasteiger partial charge in [0.2, 0.25) is 0 Å². The van der Waals surface area contributed by atoms with Gasteiger partial charge < -0.3 is 14.5 Å². The number of likely N-dealkylation sites (tertiary alicyclic amines) is 1. The van der Waals surface area contributed by atoms with Crippen molar-refractivity contribution in [1.29, 1.82) is 0 Å². The van der Waals surface area contributed by atoms with E-state index in [9.17, 15) is 9.59 Å². The average molecular weight is 365 g/mol. The summed E-state index contributed by atoms with van der Waals surface area (Å²) < 4.78 is 6.00. The number of pyridine rings is 1. The van der Waals surface area contributed by atoms with Gasteiger partial charge in [-0.1, -0.05) is 24.3 Å². The van der Waals surface area contributed by atoms with Crippen LogP contribution in [0.1, 0.15) is 29.0 Å². The standard InChI is InChI=1S/C21H23N3O3/c1-16-7-5-10-18(22-16)20(26)23-12-6-11-21(14-23)15-24(19(25)13-27-21)17-8-3-2-4-9-17/h2-5,7-10H,6,11-15H2,1H3. The Hall–Kier alpha value is -2.73. The first-order valence-electron chi connectivity index (χ1n) is 9.29. The molecule has 2 aliphatic heterocycles. The van der Waals surface area contributed by atoms with E-state index in [1.165, 1.54) is 0 Å². The topological polar surface area (TPSA) is 62.7 Å². The Kier molecular flexibility index (Phi) is 4.66. The van der Waals surface area contributed by atoms with Gasteiger partial charge in [-0.2, -0.15) is 0 Å². The number of anilines is 1. The van der Waals surface area contributed by atoms with Crippen molar-refractivity contribution >= 4 is 17.5 Å². The third-order valence-electron chi connectivity index (χ3n) is 5.25. The molecule has 6 heteroatoms. The average Bonchev–Trinajstić information content (AvgIpc) is 2.70. The van der Waals surface area contributed by atoms with E-state index in [0.29, 0.717) is 25.3 Å². The van der Waals surface area contributed by atoms with Crippen LogP contribution in [-0.4, -0.2) is 53.5 Å². The molecule has 0 aliphatic carbocycles. The fraction of sp³-hybridized carbons (Fsp3) is 0.381. The van der Waals surface area contributed by atoms with Gasteiger partial charge in [-0.3, -0.25) is 9.59 Å². The van der Waals surface area contributed by atoms with E-state index in [4.69, 9.17) is 4.74 Å². The number of benzene rings is 1. The Morgan fingerprint density at radius 3 is 2.70 bits per heavy atom. The molecule has 0 N–H and O–H groups in total. The summed E-state index contributed by atoms with van der Waals surface area (Å²) in [5, 5.41) is 0. The first-order chi connectivity index (χ1) is 13.1. The monoisotopic (exact) mass is 365 g/mol. The molecule has 1 aromatic carbocycles. The van der Waals surface area contributed by atoms with E-state index in [0.717, 1.165) is 24.2 Å². The maximum atomic E-state index is 12.9. The van der Waals surface area contributed by atoms with Crippen molar-refractivity contribution < 1.29 is 14.3 Å². The van der Waals surface area contributed by atoms with Crippen LogP contribution < -0.4 is 4.90 Å². The zero-order valence-corrected chi connectivity index (χ0v) is 15.4. The molecule has 2 saturated heterocycles. The maximum Gasteiger partial charge on any atom is 0.272 e. The highest BCUT2D eigenvalue weighted by atomic mass is 16.5. The number of carbonyl (C=O) groups is 2. The molecule has 4 rings (SSSR count). The van der Waals surface area contributed by atoms with Gasteiger partial charge in [-0.25, -0.2) is 4.98 Å². The molecule has 2 aromatic rings. The molecule has 0 bridgehead atoms. The zero-order valence-electron chi connectivity index (χ0n) is 15.4. The van der Waals surface area contributed by atoms with Gasteiger partial charge in [0.15, 0.2) is 0 Å². The van der Waals surface area contributed by atoms with Gasteiger partial charge >= 0.3 is 0 Å². The summed E-state index contributed by atoms with van der Waals surface area (Å²) >= 11 is 0. The molecule has 140 valence electrons. The van der Waals surface area contributed by atoms with Crippen LogP contribution in [0.25, 0.3) is 0 Å². The Morgan fingerprint density at radius 2 is 1.93 bits per heavy atom. The fourth-order valence-corrected chi connectivity index (χ4v) is 3.90. The summed E-state index contributed by atoms with van der Waals surface area (Å²) in [6, 6.07) is 15.1. The second kappa shape index (κ2) is 7.12. The molecule has 27 heavy (non-hydrogen) atoms. The van der Waals surface area contributed by atoms with Crippen LogP contribution in [0.4, 0.5) is 5.69 Å². The lowest BCUT2D eigenvalue weighted by Crippen LogP contribution is -2.62. The summed E-state index contributed by atoms with van der Waals surface area (Å²) in [7, 11) is 0. The zero-order chi connectivity index (χ0) is 18.9. The van der Waals surface area contributed by atoms with E-state index in [1.54, 1.807) is 11.0 Å². The number of carbonyl (C=O) groups excluding carboxylic acids is 2. The van der Waals surface area contributed by atoms with Crippen LogP contribution in [0.2, 0.25) is 0 Å². The minimum Gasteiger partial charge on any atom is -0.361 e. The van der Waals surface area contributed by atoms with Gasteiger partial charge in [-0.05, 0) is 44.0 Å². The Balaban J connectivity index is 1.54. The first-order valence-corrected chi connectivity index (χ1v) is 9.29. The summed E-state index contributed by atoms with van der Waals surface area (Å²) in [5.74, 6) is -0.125. The normalized spacial score (nSPS) is 22.9. The molecule has 2 fully saturated rings. The summed E-state index contributed by atoms with van der Waals surface area (Å²) in [5.41, 5.74) is 1.62. The van der Waals surface area contributed by atoms with Crippen molar-refractivity contribution in [3.05, 3.63) is 59.9 Å². The van der Waals surface area contributed by atoms with E-state index >= 15 is 0 Å². The molecule has 1 spiro atoms. The fourth-order valence-electron chi connectivity index (χ4n) is 3.90. The van der Waals surface area contributed by atoms with Crippen molar-refractivity contribution in [2.75, 3.05) is 31.1 Å². The van der Waals surface area contributed by atoms with Crippen molar-refractivity contribution in [1.82, 2.24) is 9.88 Å². The van der Waals surface area contributed by atoms with E-state index < -0.39 is 5.60 Å². The third-order valence-corrected chi connectivity index (χ3v) is 5.25. The van der Waals surface area contributed by atoms with Gasteiger partial charge in [0, 0.05) is 17.9 Å². The number of para-hydroxylation sites is 1.